The highest BCUT2D eigenvalue weighted by Gasteiger charge is 2.41. The number of carbonyl (C=O) groups excluding carboxylic acids is 1. The molecule has 7 heteroatoms. The number of aliphatic carboxylic acids is 1. The van der Waals surface area contributed by atoms with E-state index in [1.165, 1.54) is 32.1 Å². The largest absolute Gasteiger partial charge is 0.480 e. The van der Waals surface area contributed by atoms with E-state index in [1.807, 2.05) is 23.5 Å². The van der Waals surface area contributed by atoms with Crippen molar-refractivity contribution in [3.05, 3.63) is 0 Å². The number of alkyl carbamates (subject to hydrolysis) is 1. The summed E-state index contributed by atoms with van der Waals surface area (Å²) < 4.78 is 5.41. The molecule has 1 saturated heterocycles. The zero-order chi connectivity index (χ0) is 13.7. The third kappa shape index (κ3) is 4.49. The van der Waals surface area contributed by atoms with Gasteiger partial charge in [0.1, 0.15) is 13.2 Å². The molecule has 0 aromatic heterocycles. The summed E-state index contributed by atoms with van der Waals surface area (Å²) in [6.07, 6.45) is 5.80. The molecular weight excluding hydrogens is 286 g/mol. The van der Waals surface area contributed by atoms with Crippen LogP contribution >= 0.6 is 23.5 Å². The molecule has 1 saturated carbocycles. The fourth-order valence-electron chi connectivity index (χ4n) is 2.42. The number of hydrogen-bond donors (Lipinski definition) is 2. The molecule has 0 bridgehead atoms. The average Bonchev–Trinajstić information content (AvgIpc) is 2.78. The molecule has 19 heavy (non-hydrogen) atoms. The van der Waals surface area contributed by atoms with Gasteiger partial charge in [-0.25, -0.2) is 4.79 Å². The van der Waals surface area contributed by atoms with E-state index in [1.54, 1.807) is 0 Å². The van der Waals surface area contributed by atoms with Gasteiger partial charge in [-0.05, 0) is 12.8 Å². The lowest BCUT2D eigenvalue weighted by Crippen LogP contribution is -2.31. The van der Waals surface area contributed by atoms with Crippen LogP contribution in [-0.2, 0) is 9.53 Å². The molecule has 1 amide bonds. The third-order valence-electron chi connectivity index (χ3n) is 3.31. The standard InChI is InChI=1S/C12H19NO4S2/c14-10(15)6-13-11(16)17-7-9-8-18-12(19-9)4-2-1-3-5-12/h9H,1-8H2,(H,13,16)(H,14,15). The van der Waals surface area contributed by atoms with Crippen molar-refractivity contribution < 1.29 is 19.4 Å². The minimum atomic E-state index is -1.07. The van der Waals surface area contributed by atoms with E-state index in [4.69, 9.17) is 9.84 Å². The molecule has 0 radical (unpaired) electrons. The summed E-state index contributed by atoms with van der Waals surface area (Å²) in [5, 5.41) is 11.0. The molecule has 1 spiro atoms. The van der Waals surface area contributed by atoms with E-state index in [2.05, 4.69) is 5.32 Å². The highest BCUT2D eigenvalue weighted by molar-refractivity contribution is 8.21. The van der Waals surface area contributed by atoms with Crippen molar-refractivity contribution in [2.24, 2.45) is 0 Å². The second-order valence-corrected chi connectivity index (χ2v) is 8.21. The molecule has 2 N–H and O–H groups in total. The van der Waals surface area contributed by atoms with Crippen LogP contribution in [0.15, 0.2) is 0 Å². The summed E-state index contributed by atoms with van der Waals surface area (Å²) in [5.74, 6) is -0.0550. The maximum absolute atomic E-state index is 11.3. The monoisotopic (exact) mass is 305 g/mol. The topological polar surface area (TPSA) is 75.6 Å². The molecule has 2 aliphatic rings. The maximum atomic E-state index is 11.3. The van der Waals surface area contributed by atoms with E-state index >= 15 is 0 Å². The quantitative estimate of drug-likeness (QED) is 0.830. The molecule has 1 aliphatic heterocycles. The molecule has 0 aromatic rings. The highest BCUT2D eigenvalue weighted by atomic mass is 32.2. The lowest BCUT2D eigenvalue weighted by molar-refractivity contribution is -0.135. The SMILES string of the molecule is O=C(O)CNC(=O)OCC1CSC2(CCCCC2)S1. The van der Waals surface area contributed by atoms with E-state index in [-0.39, 0.29) is 0 Å². The number of nitrogens with one attached hydrogen (secondary N) is 1. The van der Waals surface area contributed by atoms with Crippen LogP contribution in [0.1, 0.15) is 32.1 Å². The summed E-state index contributed by atoms with van der Waals surface area (Å²) in [4.78, 5) is 21.5. The fourth-order valence-corrected chi connectivity index (χ4v) is 6.21. The summed E-state index contributed by atoms with van der Waals surface area (Å²) in [5.41, 5.74) is 0. The van der Waals surface area contributed by atoms with Crippen LogP contribution in [0.25, 0.3) is 0 Å². The summed E-state index contributed by atoms with van der Waals surface area (Å²) in [6, 6.07) is 0. The van der Waals surface area contributed by atoms with Crippen LogP contribution in [0.4, 0.5) is 4.79 Å². The van der Waals surface area contributed by atoms with Gasteiger partial charge in [-0.2, -0.15) is 0 Å². The summed E-state index contributed by atoms with van der Waals surface area (Å²) in [7, 11) is 0. The number of carbonyl (C=O) groups is 2. The van der Waals surface area contributed by atoms with Crippen LogP contribution in [0.2, 0.25) is 0 Å². The molecular formula is C12H19NO4S2. The van der Waals surface area contributed by atoms with Crippen molar-refractivity contribution >= 4 is 35.6 Å². The maximum Gasteiger partial charge on any atom is 0.407 e. The summed E-state index contributed by atoms with van der Waals surface area (Å²) in [6.45, 7) is -0.0276. The van der Waals surface area contributed by atoms with Crippen LogP contribution in [0.5, 0.6) is 0 Å². The number of carboxylic acid groups (broad SMARTS) is 1. The molecule has 2 fully saturated rings. The van der Waals surface area contributed by atoms with Gasteiger partial charge < -0.3 is 15.2 Å². The molecule has 2 rings (SSSR count). The van der Waals surface area contributed by atoms with Crippen molar-refractivity contribution in [2.45, 2.75) is 41.4 Å². The Morgan fingerprint density at radius 1 is 1.32 bits per heavy atom. The van der Waals surface area contributed by atoms with Crippen molar-refractivity contribution in [2.75, 3.05) is 18.9 Å². The lowest BCUT2D eigenvalue weighted by atomic mass is 10.00. The van der Waals surface area contributed by atoms with Gasteiger partial charge in [0.05, 0.1) is 4.08 Å². The number of rotatable bonds is 4. The Morgan fingerprint density at radius 2 is 2.05 bits per heavy atom. The van der Waals surface area contributed by atoms with Crippen LogP contribution in [0, 0.1) is 0 Å². The van der Waals surface area contributed by atoms with Crippen molar-refractivity contribution in [1.29, 1.82) is 0 Å². The Kier molecular flexibility index (Phi) is 5.27. The van der Waals surface area contributed by atoms with Gasteiger partial charge >= 0.3 is 12.1 Å². The van der Waals surface area contributed by atoms with Crippen LogP contribution in [-0.4, -0.2) is 45.4 Å². The zero-order valence-corrected chi connectivity index (χ0v) is 12.4. The van der Waals surface area contributed by atoms with Crippen LogP contribution in [0.3, 0.4) is 0 Å². The van der Waals surface area contributed by atoms with E-state index < -0.39 is 18.6 Å². The van der Waals surface area contributed by atoms with E-state index in [0.29, 0.717) is 15.9 Å². The normalized spacial score (nSPS) is 25.2. The first-order valence-electron chi connectivity index (χ1n) is 6.54. The number of carboxylic acids is 1. The zero-order valence-electron chi connectivity index (χ0n) is 10.7. The average molecular weight is 305 g/mol. The Labute approximate surface area is 121 Å². The third-order valence-corrected chi connectivity index (χ3v) is 7.14. The summed E-state index contributed by atoms with van der Waals surface area (Å²) >= 11 is 3.94. The number of amides is 1. The molecule has 1 unspecified atom stereocenters. The smallest absolute Gasteiger partial charge is 0.407 e. The van der Waals surface area contributed by atoms with Gasteiger partial charge in [0.2, 0.25) is 0 Å². The Balaban J connectivity index is 1.67. The van der Waals surface area contributed by atoms with E-state index in [0.717, 1.165) is 5.75 Å². The second-order valence-electron chi connectivity index (χ2n) is 4.87. The first kappa shape index (κ1) is 14.8. The predicted octanol–water partition coefficient (Wildman–Crippen LogP) is 2.31. The van der Waals surface area contributed by atoms with Gasteiger partial charge in [-0.15, -0.1) is 23.5 Å². The molecule has 1 heterocycles. The predicted molar refractivity (Wildman–Crippen MR) is 76.6 cm³/mol. The fraction of sp³-hybridized carbons (Fsp3) is 0.833. The Bertz CT molecular complexity index is 345. The minimum absolute atomic E-state index is 0.332. The van der Waals surface area contributed by atoms with Gasteiger partial charge in [0.25, 0.3) is 0 Å². The van der Waals surface area contributed by atoms with Crippen molar-refractivity contribution in [3.63, 3.8) is 0 Å². The second kappa shape index (κ2) is 6.74. The van der Waals surface area contributed by atoms with E-state index in [9.17, 15) is 9.59 Å². The molecule has 108 valence electrons. The Morgan fingerprint density at radius 3 is 2.74 bits per heavy atom. The highest BCUT2D eigenvalue weighted by Crippen LogP contribution is 2.55. The van der Waals surface area contributed by atoms with Crippen molar-refractivity contribution in [3.8, 4) is 0 Å². The molecule has 0 aromatic carbocycles. The van der Waals surface area contributed by atoms with Gasteiger partial charge in [-0.1, -0.05) is 19.3 Å². The van der Waals surface area contributed by atoms with Gasteiger partial charge in [0.15, 0.2) is 0 Å². The first-order chi connectivity index (χ1) is 9.10. The Hall–Kier alpha value is -0.560. The van der Waals surface area contributed by atoms with Gasteiger partial charge in [0, 0.05) is 11.0 Å². The van der Waals surface area contributed by atoms with Crippen molar-refractivity contribution in [1.82, 2.24) is 5.32 Å². The molecule has 1 atom stereocenters. The molecule has 5 nitrogen and oxygen atoms in total. The lowest BCUT2D eigenvalue weighted by Gasteiger charge is -2.31. The van der Waals surface area contributed by atoms with Gasteiger partial charge in [-0.3, -0.25) is 4.79 Å². The minimum Gasteiger partial charge on any atom is -0.480 e. The number of ether oxygens (including phenoxy) is 1. The molecule has 1 aliphatic carbocycles. The number of thioether (sulfide) groups is 2. The number of hydrogen-bond acceptors (Lipinski definition) is 5. The van der Waals surface area contributed by atoms with Crippen LogP contribution < -0.4 is 5.32 Å². The first-order valence-corrected chi connectivity index (χ1v) is 8.40.